The summed E-state index contributed by atoms with van der Waals surface area (Å²) < 4.78 is 6.70. The number of halogens is 1. The van der Waals surface area contributed by atoms with Crippen molar-refractivity contribution in [3.8, 4) is 0 Å². The largest absolute Gasteiger partial charge is 0.440 e. The lowest BCUT2D eigenvalue weighted by Gasteiger charge is -2.00. The van der Waals surface area contributed by atoms with Gasteiger partial charge in [0.15, 0.2) is 0 Å². The average Bonchev–Trinajstić information content (AvgIpc) is 2.87. The van der Waals surface area contributed by atoms with E-state index in [9.17, 15) is 0 Å². The predicted octanol–water partition coefficient (Wildman–Crippen LogP) is 1.92. The lowest BCUT2D eigenvalue weighted by Crippen LogP contribution is -1.95. The summed E-state index contributed by atoms with van der Waals surface area (Å²) in [6.45, 7) is 0. The first kappa shape index (κ1) is 9.61. The normalized spacial score (nSPS) is 11.1. The molecule has 3 aromatic rings. The minimum atomic E-state index is 0.356. The summed E-state index contributed by atoms with van der Waals surface area (Å²) in [4.78, 5) is 12.0. The Bertz CT molecular complexity index is 622. The second kappa shape index (κ2) is 3.76. The molecule has 80 valence electrons. The summed E-state index contributed by atoms with van der Waals surface area (Å²) in [6.07, 6.45) is 4.49. The van der Waals surface area contributed by atoms with Crippen LogP contribution in [0.5, 0.6) is 0 Å². The van der Waals surface area contributed by atoms with Gasteiger partial charge in [0.25, 0.3) is 11.0 Å². The van der Waals surface area contributed by atoms with E-state index in [2.05, 4.69) is 20.1 Å². The van der Waals surface area contributed by atoms with Gasteiger partial charge in [0.05, 0.1) is 6.20 Å². The molecule has 0 saturated carbocycles. The fourth-order valence-electron chi connectivity index (χ4n) is 1.18. The molecule has 0 aliphatic carbocycles. The van der Waals surface area contributed by atoms with Crippen molar-refractivity contribution in [2.75, 3.05) is 0 Å². The van der Waals surface area contributed by atoms with E-state index in [0.29, 0.717) is 16.2 Å². The molecule has 3 heterocycles. The molecule has 0 saturated heterocycles. The topological polar surface area (TPSA) is 69.1 Å². The maximum Gasteiger partial charge on any atom is 0.261 e. The third-order valence-corrected chi connectivity index (χ3v) is 2.86. The van der Waals surface area contributed by atoms with E-state index in [4.69, 9.17) is 16.0 Å². The van der Waals surface area contributed by atoms with Crippen molar-refractivity contribution in [1.82, 2.24) is 24.6 Å². The highest BCUT2D eigenvalue weighted by molar-refractivity contribution is 7.99. The summed E-state index contributed by atoms with van der Waals surface area (Å²) in [5.41, 5.74) is 0. The second-order valence-electron chi connectivity index (χ2n) is 2.79. The molecule has 16 heavy (non-hydrogen) atoms. The molecule has 0 amide bonds. The van der Waals surface area contributed by atoms with Crippen molar-refractivity contribution in [3.05, 3.63) is 30.0 Å². The second-order valence-corrected chi connectivity index (χ2v) is 4.15. The number of hydrogen-bond donors (Lipinski definition) is 0. The van der Waals surface area contributed by atoms with E-state index >= 15 is 0 Å². The number of nitrogens with zero attached hydrogens (tertiary/aromatic N) is 5. The first-order valence-electron chi connectivity index (χ1n) is 4.26. The van der Waals surface area contributed by atoms with Crippen LogP contribution in [-0.2, 0) is 0 Å². The van der Waals surface area contributed by atoms with Crippen LogP contribution in [-0.4, -0.2) is 24.6 Å². The number of hydrogen-bond acceptors (Lipinski definition) is 6. The first-order valence-corrected chi connectivity index (χ1v) is 5.46. The average molecular weight is 254 g/mol. The Morgan fingerprint density at radius 3 is 3.12 bits per heavy atom. The van der Waals surface area contributed by atoms with Crippen LogP contribution < -0.4 is 0 Å². The van der Waals surface area contributed by atoms with Gasteiger partial charge in [-0.3, -0.25) is 0 Å². The van der Waals surface area contributed by atoms with Gasteiger partial charge in [0.1, 0.15) is 22.8 Å². The quantitative estimate of drug-likeness (QED) is 0.650. The van der Waals surface area contributed by atoms with Gasteiger partial charge in [-0.25, -0.2) is 4.98 Å². The van der Waals surface area contributed by atoms with Gasteiger partial charge in [-0.05, 0) is 11.8 Å². The molecule has 8 heteroatoms. The zero-order chi connectivity index (χ0) is 11.0. The fraction of sp³-hybridized carbons (Fsp3) is 0. The molecule has 6 nitrogen and oxygen atoms in total. The van der Waals surface area contributed by atoms with E-state index in [1.165, 1.54) is 24.4 Å². The molecule has 0 aliphatic heterocycles. The van der Waals surface area contributed by atoms with Crippen LogP contribution in [0, 0.1) is 0 Å². The maximum absolute atomic E-state index is 5.86. The lowest BCUT2D eigenvalue weighted by molar-refractivity contribution is 0.453. The van der Waals surface area contributed by atoms with Gasteiger partial charge in [-0.1, -0.05) is 11.6 Å². The summed E-state index contributed by atoms with van der Waals surface area (Å²) in [5.74, 6) is 0.446. The van der Waals surface area contributed by atoms with Gasteiger partial charge < -0.3 is 4.42 Å². The molecule has 3 aromatic heterocycles. The Balaban J connectivity index is 2.11. The molecule has 0 aromatic carbocycles. The van der Waals surface area contributed by atoms with Gasteiger partial charge in [0, 0.05) is 6.07 Å². The zero-order valence-electron chi connectivity index (χ0n) is 7.74. The Kier molecular flexibility index (Phi) is 2.26. The smallest absolute Gasteiger partial charge is 0.261 e. The summed E-state index contributed by atoms with van der Waals surface area (Å²) in [6, 6.07) is 1.68. The monoisotopic (exact) mass is 253 g/mol. The highest BCUT2D eigenvalue weighted by Gasteiger charge is 2.10. The van der Waals surface area contributed by atoms with Crippen molar-refractivity contribution in [3.63, 3.8) is 0 Å². The van der Waals surface area contributed by atoms with Gasteiger partial charge in [-0.15, -0.1) is 0 Å². The number of aromatic nitrogens is 5. The lowest BCUT2D eigenvalue weighted by atomic mass is 10.7. The Morgan fingerprint density at radius 1 is 1.38 bits per heavy atom. The maximum atomic E-state index is 5.86. The van der Waals surface area contributed by atoms with Crippen LogP contribution in [0.4, 0.5) is 0 Å². The number of fused-ring (bicyclic) bond motifs is 1. The first-order chi connectivity index (χ1) is 7.83. The Morgan fingerprint density at radius 2 is 2.31 bits per heavy atom. The van der Waals surface area contributed by atoms with Crippen molar-refractivity contribution in [1.29, 1.82) is 0 Å². The summed E-state index contributed by atoms with van der Waals surface area (Å²) in [5, 5.41) is 5.65. The van der Waals surface area contributed by atoms with E-state index in [1.807, 2.05) is 0 Å². The van der Waals surface area contributed by atoms with Crippen LogP contribution in [0.15, 0.2) is 39.5 Å². The minimum absolute atomic E-state index is 0.356. The van der Waals surface area contributed by atoms with E-state index < -0.39 is 0 Å². The molecule has 3 rings (SSSR count). The van der Waals surface area contributed by atoms with E-state index in [0.717, 1.165) is 5.03 Å². The molecule has 0 aliphatic rings. The number of rotatable bonds is 2. The molecule has 0 N–H and O–H groups in total. The van der Waals surface area contributed by atoms with E-state index in [1.54, 1.807) is 16.8 Å². The third kappa shape index (κ3) is 1.63. The summed E-state index contributed by atoms with van der Waals surface area (Å²) >= 11 is 7.17. The van der Waals surface area contributed by atoms with Crippen LogP contribution >= 0.6 is 23.4 Å². The molecule has 0 atom stereocenters. The third-order valence-electron chi connectivity index (χ3n) is 1.79. The van der Waals surface area contributed by atoms with E-state index in [-0.39, 0.29) is 0 Å². The van der Waals surface area contributed by atoms with Crippen LogP contribution in [0.2, 0.25) is 5.15 Å². The van der Waals surface area contributed by atoms with Crippen LogP contribution in [0.3, 0.4) is 0 Å². The molecule has 0 radical (unpaired) electrons. The molecule has 0 bridgehead atoms. The SMILES string of the molecule is Clc1cc(Sc2ncco2)n2ncnc2n1. The van der Waals surface area contributed by atoms with Crippen molar-refractivity contribution in [2.45, 2.75) is 10.2 Å². The highest BCUT2D eigenvalue weighted by Crippen LogP contribution is 2.27. The van der Waals surface area contributed by atoms with Gasteiger partial charge in [0.2, 0.25) is 0 Å². The van der Waals surface area contributed by atoms with Crippen molar-refractivity contribution in [2.24, 2.45) is 0 Å². The Labute approximate surface area is 98.7 Å². The van der Waals surface area contributed by atoms with Crippen molar-refractivity contribution < 1.29 is 4.42 Å². The minimum Gasteiger partial charge on any atom is -0.440 e. The Hall–Kier alpha value is -1.60. The van der Waals surface area contributed by atoms with Crippen molar-refractivity contribution >= 4 is 29.1 Å². The van der Waals surface area contributed by atoms with Crippen LogP contribution in [0.25, 0.3) is 5.78 Å². The fourth-order valence-corrected chi connectivity index (χ4v) is 2.21. The highest BCUT2D eigenvalue weighted by atomic mass is 35.5. The molecular formula is C8H4ClN5OS. The standard InChI is InChI=1S/C8H4ClN5OS/c9-5-3-6(16-8-10-1-2-15-8)14-7(13-5)11-4-12-14/h1-4H. The number of oxazole rings is 1. The zero-order valence-corrected chi connectivity index (χ0v) is 9.31. The molecule has 0 unspecified atom stereocenters. The van der Waals surface area contributed by atoms with Gasteiger partial charge in [-0.2, -0.15) is 19.6 Å². The van der Waals surface area contributed by atoms with Gasteiger partial charge >= 0.3 is 0 Å². The predicted molar refractivity (Wildman–Crippen MR) is 56.4 cm³/mol. The molecular weight excluding hydrogens is 250 g/mol. The molecule has 0 spiro atoms. The van der Waals surface area contributed by atoms with Crippen LogP contribution in [0.1, 0.15) is 0 Å². The summed E-state index contributed by atoms with van der Waals surface area (Å²) in [7, 11) is 0. The molecule has 0 fully saturated rings.